The minimum absolute atomic E-state index is 0.146. The van der Waals surface area contributed by atoms with Crippen molar-refractivity contribution in [3.8, 4) is 0 Å². The number of nitrogens with zero attached hydrogens (tertiary/aromatic N) is 3. The van der Waals surface area contributed by atoms with Gasteiger partial charge in [-0.15, -0.1) is 0 Å². The number of hydrogen-bond donors (Lipinski definition) is 1. The van der Waals surface area contributed by atoms with Gasteiger partial charge in [-0.2, -0.15) is 0 Å². The summed E-state index contributed by atoms with van der Waals surface area (Å²) in [6.07, 6.45) is 2.85. The molecule has 1 aliphatic heterocycles. The number of carbonyl (C=O) groups excluding carboxylic acids is 3. The maximum Gasteiger partial charge on any atom is 0.340 e. The van der Waals surface area contributed by atoms with Gasteiger partial charge in [0.05, 0.1) is 29.0 Å². The van der Waals surface area contributed by atoms with E-state index in [2.05, 4.69) is 15.2 Å². The molecule has 2 aromatic rings. The van der Waals surface area contributed by atoms with E-state index in [1.807, 2.05) is 7.05 Å². The monoisotopic (exact) mass is 396 g/mol. The lowest BCUT2D eigenvalue weighted by Crippen LogP contribution is -2.47. The van der Waals surface area contributed by atoms with Crippen molar-refractivity contribution in [3.05, 3.63) is 59.4 Å². The Bertz CT molecular complexity index is 907. The highest BCUT2D eigenvalue weighted by atomic mass is 16.5. The Kier molecular flexibility index (Phi) is 6.56. The van der Waals surface area contributed by atoms with Gasteiger partial charge in [0, 0.05) is 38.6 Å². The topological polar surface area (TPSA) is 91.8 Å². The maximum absolute atomic E-state index is 12.7. The minimum atomic E-state index is -0.513. The Balaban J connectivity index is 1.75. The lowest BCUT2D eigenvalue weighted by atomic mass is 10.1. The van der Waals surface area contributed by atoms with Crippen LogP contribution in [-0.2, 0) is 4.74 Å². The molecule has 0 bridgehead atoms. The zero-order chi connectivity index (χ0) is 20.8. The van der Waals surface area contributed by atoms with Crippen molar-refractivity contribution in [2.75, 3.05) is 45.2 Å². The molecule has 8 heteroatoms. The van der Waals surface area contributed by atoms with Gasteiger partial charge >= 0.3 is 5.97 Å². The summed E-state index contributed by atoms with van der Waals surface area (Å²) in [6, 6.07) is 8.13. The zero-order valence-electron chi connectivity index (χ0n) is 16.6. The van der Waals surface area contributed by atoms with Gasteiger partial charge in [-0.1, -0.05) is 12.1 Å². The third-order valence-corrected chi connectivity index (χ3v) is 4.71. The van der Waals surface area contributed by atoms with Gasteiger partial charge in [0.1, 0.15) is 0 Å². The van der Waals surface area contributed by atoms with Crippen LogP contribution in [0, 0.1) is 0 Å². The number of likely N-dealkylation sites (N-methyl/N-ethyl adjacent to an activating group) is 1. The second-order valence-electron chi connectivity index (χ2n) is 6.78. The number of rotatable bonds is 5. The van der Waals surface area contributed by atoms with Gasteiger partial charge in [0.15, 0.2) is 0 Å². The van der Waals surface area contributed by atoms with Gasteiger partial charge in [-0.05, 0) is 32.2 Å². The molecule has 0 saturated carbocycles. The van der Waals surface area contributed by atoms with E-state index in [0.29, 0.717) is 24.3 Å². The number of ether oxygens (including phenoxy) is 1. The molecule has 1 N–H and O–H groups in total. The summed E-state index contributed by atoms with van der Waals surface area (Å²) in [4.78, 5) is 45.5. The minimum Gasteiger partial charge on any atom is -0.462 e. The van der Waals surface area contributed by atoms with Crippen LogP contribution in [0.4, 0.5) is 5.69 Å². The summed E-state index contributed by atoms with van der Waals surface area (Å²) >= 11 is 0. The smallest absolute Gasteiger partial charge is 0.340 e. The molecule has 29 heavy (non-hydrogen) atoms. The fraction of sp³-hybridized carbons (Fsp3) is 0.333. The molecule has 0 radical (unpaired) electrons. The van der Waals surface area contributed by atoms with Crippen LogP contribution in [0.3, 0.4) is 0 Å². The van der Waals surface area contributed by atoms with E-state index < -0.39 is 11.9 Å². The first-order valence-corrected chi connectivity index (χ1v) is 9.50. The number of benzene rings is 1. The largest absolute Gasteiger partial charge is 0.462 e. The Morgan fingerprint density at radius 1 is 1.07 bits per heavy atom. The Hall–Kier alpha value is -3.26. The van der Waals surface area contributed by atoms with Gasteiger partial charge in [-0.3, -0.25) is 14.6 Å². The molecule has 2 heterocycles. The van der Waals surface area contributed by atoms with Crippen LogP contribution >= 0.6 is 0 Å². The highest BCUT2D eigenvalue weighted by molar-refractivity contribution is 6.08. The molecule has 8 nitrogen and oxygen atoms in total. The predicted octanol–water partition coefficient (Wildman–Crippen LogP) is 1.90. The molecule has 0 atom stereocenters. The second kappa shape index (κ2) is 9.29. The quantitative estimate of drug-likeness (QED) is 0.776. The molecular formula is C21H24N4O4. The van der Waals surface area contributed by atoms with Crippen LogP contribution in [0.5, 0.6) is 0 Å². The predicted molar refractivity (Wildman–Crippen MR) is 108 cm³/mol. The molecule has 152 valence electrons. The van der Waals surface area contributed by atoms with Gasteiger partial charge in [0.25, 0.3) is 11.8 Å². The number of anilines is 1. The molecule has 0 unspecified atom stereocenters. The van der Waals surface area contributed by atoms with E-state index in [0.717, 1.165) is 13.1 Å². The summed E-state index contributed by atoms with van der Waals surface area (Å²) in [5.74, 6) is -1.12. The van der Waals surface area contributed by atoms with Crippen LogP contribution in [0.1, 0.15) is 38.0 Å². The van der Waals surface area contributed by atoms with Crippen molar-refractivity contribution >= 4 is 23.5 Å². The van der Waals surface area contributed by atoms with E-state index in [9.17, 15) is 14.4 Å². The number of piperazine rings is 1. The lowest BCUT2D eigenvalue weighted by molar-refractivity contribution is 0.0527. The second-order valence-corrected chi connectivity index (χ2v) is 6.78. The molecule has 2 amide bonds. The van der Waals surface area contributed by atoms with E-state index in [-0.39, 0.29) is 23.6 Å². The van der Waals surface area contributed by atoms with Crippen LogP contribution in [-0.4, -0.2) is 72.4 Å². The highest BCUT2D eigenvalue weighted by Gasteiger charge is 2.22. The standard InChI is InChI=1S/C21H24N4O4/c1-3-29-21(28)17-6-4-5-7-18(17)23-19(26)15-12-16(14-22-13-15)20(27)25-10-8-24(2)9-11-25/h4-7,12-14H,3,8-11H2,1-2H3,(H,23,26). The molecule has 0 spiro atoms. The number of pyridine rings is 1. The summed E-state index contributed by atoms with van der Waals surface area (Å²) in [5.41, 5.74) is 1.21. The first-order valence-electron chi connectivity index (χ1n) is 9.50. The maximum atomic E-state index is 12.7. The number of amides is 2. The number of aromatic nitrogens is 1. The number of para-hydroxylation sites is 1. The van der Waals surface area contributed by atoms with Gasteiger partial charge in [0.2, 0.25) is 0 Å². The van der Waals surface area contributed by atoms with Gasteiger partial charge < -0.3 is 19.9 Å². The fourth-order valence-corrected chi connectivity index (χ4v) is 3.05. The normalized spacial score (nSPS) is 14.3. The number of esters is 1. The van der Waals surface area contributed by atoms with E-state index in [4.69, 9.17) is 4.74 Å². The van der Waals surface area contributed by atoms with Crippen molar-refractivity contribution in [3.63, 3.8) is 0 Å². The third kappa shape index (κ3) is 4.97. The Labute approximate surface area is 169 Å². The van der Waals surface area contributed by atoms with Crippen LogP contribution in [0.2, 0.25) is 0 Å². The summed E-state index contributed by atoms with van der Waals surface area (Å²) in [6.45, 7) is 4.85. The molecular weight excluding hydrogens is 372 g/mol. The van der Waals surface area contributed by atoms with Crippen molar-refractivity contribution in [2.24, 2.45) is 0 Å². The summed E-state index contributed by atoms with van der Waals surface area (Å²) in [5, 5.41) is 2.71. The van der Waals surface area contributed by atoms with E-state index in [1.165, 1.54) is 18.5 Å². The average molecular weight is 396 g/mol. The van der Waals surface area contributed by atoms with Crippen LogP contribution in [0.15, 0.2) is 42.7 Å². The zero-order valence-corrected chi connectivity index (χ0v) is 16.6. The van der Waals surface area contributed by atoms with Crippen molar-refractivity contribution in [2.45, 2.75) is 6.92 Å². The first kappa shape index (κ1) is 20.5. The van der Waals surface area contributed by atoms with Gasteiger partial charge in [-0.25, -0.2) is 4.79 Å². The molecule has 1 fully saturated rings. The molecule has 0 aliphatic carbocycles. The molecule has 1 aromatic carbocycles. The lowest BCUT2D eigenvalue weighted by Gasteiger charge is -2.32. The van der Waals surface area contributed by atoms with E-state index >= 15 is 0 Å². The number of carbonyl (C=O) groups is 3. The average Bonchev–Trinajstić information content (AvgIpc) is 2.74. The molecule has 1 saturated heterocycles. The molecule has 1 aliphatic rings. The van der Waals surface area contributed by atoms with Crippen molar-refractivity contribution < 1.29 is 19.1 Å². The SMILES string of the molecule is CCOC(=O)c1ccccc1NC(=O)c1cncc(C(=O)N2CCN(C)CC2)c1. The number of nitrogens with one attached hydrogen (secondary N) is 1. The summed E-state index contributed by atoms with van der Waals surface area (Å²) in [7, 11) is 2.02. The fourth-order valence-electron chi connectivity index (χ4n) is 3.05. The third-order valence-electron chi connectivity index (χ3n) is 4.71. The van der Waals surface area contributed by atoms with E-state index in [1.54, 1.807) is 36.1 Å². The van der Waals surface area contributed by atoms with Crippen LogP contribution < -0.4 is 5.32 Å². The van der Waals surface area contributed by atoms with Crippen molar-refractivity contribution in [1.82, 2.24) is 14.8 Å². The molecule has 3 rings (SSSR count). The first-order chi connectivity index (χ1) is 14.0. The van der Waals surface area contributed by atoms with Crippen LogP contribution in [0.25, 0.3) is 0 Å². The Morgan fingerprint density at radius 3 is 2.48 bits per heavy atom. The van der Waals surface area contributed by atoms with Crippen molar-refractivity contribution in [1.29, 1.82) is 0 Å². The number of hydrogen-bond acceptors (Lipinski definition) is 6. The molecule has 1 aromatic heterocycles. The highest BCUT2D eigenvalue weighted by Crippen LogP contribution is 2.18. The Morgan fingerprint density at radius 2 is 1.76 bits per heavy atom. The summed E-state index contributed by atoms with van der Waals surface area (Å²) < 4.78 is 5.02.